The average Bonchev–Trinajstić information content (AvgIpc) is 3.46. The van der Waals surface area contributed by atoms with Crippen molar-refractivity contribution in [2.24, 2.45) is 0 Å². The molecule has 1 aliphatic carbocycles. The van der Waals surface area contributed by atoms with Crippen molar-refractivity contribution >= 4 is 17.7 Å². The standard InChI is InChI=1S/C24H27FN4O2S/c1-16(31-21-15-9-8-14-20(21)25)22-27-28-24(29(22)19-12-4-3-5-13-19)32-17(2)23(30)26-18-10-6-7-11-18/h3-5,8-9,12-18H,6-7,10-11H2,1-2H3,(H,26,30). The van der Waals surface area contributed by atoms with Crippen LogP contribution < -0.4 is 10.1 Å². The lowest BCUT2D eigenvalue weighted by molar-refractivity contribution is -0.120. The van der Waals surface area contributed by atoms with Crippen LogP contribution in [0.2, 0.25) is 0 Å². The molecule has 168 valence electrons. The molecule has 0 radical (unpaired) electrons. The molecule has 1 aliphatic rings. The normalized spacial score (nSPS) is 16.0. The molecule has 1 aromatic heterocycles. The van der Waals surface area contributed by atoms with Gasteiger partial charge >= 0.3 is 0 Å². The van der Waals surface area contributed by atoms with E-state index in [0.717, 1.165) is 31.4 Å². The number of thioether (sulfide) groups is 1. The van der Waals surface area contributed by atoms with E-state index in [0.29, 0.717) is 11.0 Å². The van der Waals surface area contributed by atoms with Crippen LogP contribution in [-0.4, -0.2) is 32.0 Å². The number of amides is 1. The first-order valence-corrected chi connectivity index (χ1v) is 11.8. The summed E-state index contributed by atoms with van der Waals surface area (Å²) in [4.78, 5) is 12.7. The molecule has 2 atom stereocenters. The maximum atomic E-state index is 14.1. The van der Waals surface area contributed by atoms with E-state index in [-0.39, 0.29) is 22.9 Å². The minimum atomic E-state index is -0.559. The lowest BCUT2D eigenvalue weighted by atomic mass is 10.2. The summed E-state index contributed by atoms with van der Waals surface area (Å²) in [5, 5.41) is 12.1. The summed E-state index contributed by atoms with van der Waals surface area (Å²) in [6, 6.07) is 16.2. The van der Waals surface area contributed by atoms with Crippen molar-refractivity contribution in [2.75, 3.05) is 0 Å². The zero-order valence-electron chi connectivity index (χ0n) is 18.2. The lowest BCUT2D eigenvalue weighted by Crippen LogP contribution is -2.37. The molecule has 6 nitrogen and oxygen atoms in total. The van der Waals surface area contributed by atoms with Gasteiger partial charge in [-0.2, -0.15) is 0 Å². The number of aromatic nitrogens is 3. The van der Waals surface area contributed by atoms with Gasteiger partial charge in [0.2, 0.25) is 5.91 Å². The van der Waals surface area contributed by atoms with Gasteiger partial charge in [0.05, 0.1) is 5.25 Å². The van der Waals surface area contributed by atoms with Gasteiger partial charge in [0.15, 0.2) is 28.7 Å². The number of halogens is 1. The second-order valence-corrected chi connectivity index (χ2v) is 9.26. The molecule has 0 bridgehead atoms. The third-order valence-corrected chi connectivity index (χ3v) is 6.57. The van der Waals surface area contributed by atoms with E-state index >= 15 is 0 Å². The second kappa shape index (κ2) is 10.2. The Kier molecular flexibility index (Phi) is 7.09. The summed E-state index contributed by atoms with van der Waals surface area (Å²) < 4.78 is 21.8. The van der Waals surface area contributed by atoms with Gasteiger partial charge < -0.3 is 10.1 Å². The maximum Gasteiger partial charge on any atom is 0.233 e. The van der Waals surface area contributed by atoms with Crippen molar-refractivity contribution in [3.05, 3.63) is 66.2 Å². The summed E-state index contributed by atoms with van der Waals surface area (Å²) in [7, 11) is 0. The van der Waals surface area contributed by atoms with Gasteiger partial charge in [-0.15, -0.1) is 10.2 Å². The topological polar surface area (TPSA) is 69.0 Å². The third kappa shape index (κ3) is 5.12. The second-order valence-electron chi connectivity index (χ2n) is 7.95. The molecule has 1 heterocycles. The molecule has 4 rings (SSSR count). The zero-order chi connectivity index (χ0) is 22.5. The molecule has 0 saturated heterocycles. The average molecular weight is 455 g/mol. The predicted molar refractivity (Wildman–Crippen MR) is 123 cm³/mol. The number of hydrogen-bond donors (Lipinski definition) is 1. The molecule has 32 heavy (non-hydrogen) atoms. The Balaban J connectivity index is 1.58. The molecule has 1 saturated carbocycles. The van der Waals surface area contributed by atoms with E-state index in [1.807, 2.05) is 41.8 Å². The summed E-state index contributed by atoms with van der Waals surface area (Å²) in [6.45, 7) is 3.68. The largest absolute Gasteiger partial charge is 0.480 e. The fourth-order valence-corrected chi connectivity index (χ4v) is 4.71. The molecular weight excluding hydrogens is 427 g/mol. The molecule has 1 N–H and O–H groups in total. The van der Waals surface area contributed by atoms with Gasteiger partial charge in [0, 0.05) is 11.7 Å². The Labute approximate surface area is 191 Å². The number of rotatable bonds is 8. The predicted octanol–water partition coefficient (Wildman–Crippen LogP) is 5.09. The zero-order valence-corrected chi connectivity index (χ0v) is 19.0. The first-order chi connectivity index (χ1) is 15.5. The summed E-state index contributed by atoms with van der Waals surface area (Å²) in [6.07, 6.45) is 3.85. The molecule has 0 aliphatic heterocycles. The molecule has 2 unspecified atom stereocenters. The molecule has 8 heteroatoms. The van der Waals surface area contributed by atoms with Crippen LogP contribution in [0.15, 0.2) is 59.8 Å². The fraction of sp³-hybridized carbons (Fsp3) is 0.375. The summed E-state index contributed by atoms with van der Waals surface area (Å²) in [5.41, 5.74) is 0.849. The van der Waals surface area contributed by atoms with Crippen LogP contribution in [0.25, 0.3) is 5.69 Å². The highest BCUT2D eigenvalue weighted by molar-refractivity contribution is 8.00. The quantitative estimate of drug-likeness (QED) is 0.481. The smallest absolute Gasteiger partial charge is 0.233 e. The summed E-state index contributed by atoms with van der Waals surface area (Å²) in [5.74, 6) is 0.255. The van der Waals surface area contributed by atoms with Gasteiger partial charge in [-0.05, 0) is 51.0 Å². The number of nitrogens with one attached hydrogen (secondary N) is 1. The molecular formula is C24H27FN4O2S. The van der Waals surface area contributed by atoms with Gasteiger partial charge in [-0.1, -0.05) is 54.9 Å². The molecule has 0 spiro atoms. The van der Waals surface area contributed by atoms with E-state index < -0.39 is 11.9 Å². The molecule has 3 aromatic rings. The number of benzene rings is 2. The number of para-hydroxylation sites is 2. The van der Waals surface area contributed by atoms with Crippen LogP contribution in [0.3, 0.4) is 0 Å². The Bertz CT molecular complexity index is 1050. The number of hydrogen-bond acceptors (Lipinski definition) is 5. The Morgan fingerprint density at radius 1 is 1.09 bits per heavy atom. The van der Waals surface area contributed by atoms with E-state index in [2.05, 4.69) is 15.5 Å². The van der Waals surface area contributed by atoms with Gasteiger partial charge in [0.25, 0.3) is 0 Å². The monoisotopic (exact) mass is 454 g/mol. The number of ether oxygens (including phenoxy) is 1. The third-order valence-electron chi connectivity index (χ3n) is 5.53. The van der Waals surface area contributed by atoms with Crippen molar-refractivity contribution < 1.29 is 13.9 Å². The Morgan fingerprint density at radius 2 is 1.78 bits per heavy atom. The van der Waals surface area contributed by atoms with Crippen LogP contribution in [0.5, 0.6) is 5.75 Å². The van der Waals surface area contributed by atoms with Crippen LogP contribution >= 0.6 is 11.8 Å². The first-order valence-electron chi connectivity index (χ1n) is 10.9. The number of carbonyl (C=O) groups excluding carboxylic acids is 1. The van der Waals surface area contributed by atoms with Crippen molar-refractivity contribution in [3.63, 3.8) is 0 Å². The van der Waals surface area contributed by atoms with Crippen LogP contribution in [0.1, 0.15) is 51.5 Å². The highest BCUT2D eigenvalue weighted by Gasteiger charge is 2.26. The lowest BCUT2D eigenvalue weighted by Gasteiger charge is -2.18. The minimum Gasteiger partial charge on any atom is -0.480 e. The highest BCUT2D eigenvalue weighted by Crippen LogP contribution is 2.31. The van der Waals surface area contributed by atoms with Gasteiger partial charge in [-0.3, -0.25) is 9.36 Å². The van der Waals surface area contributed by atoms with Crippen molar-refractivity contribution in [1.29, 1.82) is 0 Å². The maximum absolute atomic E-state index is 14.1. The van der Waals surface area contributed by atoms with Gasteiger partial charge in [-0.25, -0.2) is 4.39 Å². The van der Waals surface area contributed by atoms with Crippen LogP contribution in [0, 0.1) is 5.82 Å². The van der Waals surface area contributed by atoms with E-state index in [1.165, 1.54) is 17.8 Å². The van der Waals surface area contributed by atoms with E-state index in [9.17, 15) is 9.18 Å². The summed E-state index contributed by atoms with van der Waals surface area (Å²) >= 11 is 1.35. The molecule has 2 aromatic carbocycles. The molecule has 1 fully saturated rings. The first kappa shape index (κ1) is 22.3. The van der Waals surface area contributed by atoms with Crippen LogP contribution in [-0.2, 0) is 4.79 Å². The van der Waals surface area contributed by atoms with Crippen molar-refractivity contribution in [2.45, 2.75) is 62.1 Å². The number of nitrogens with zero attached hydrogens (tertiary/aromatic N) is 3. The van der Waals surface area contributed by atoms with Crippen molar-refractivity contribution in [1.82, 2.24) is 20.1 Å². The molecule has 1 amide bonds. The minimum absolute atomic E-state index is 0.00159. The SMILES string of the molecule is CC(Sc1nnc(C(C)Oc2ccccc2F)n1-c1ccccc1)C(=O)NC1CCCC1. The Hall–Kier alpha value is -2.87. The van der Waals surface area contributed by atoms with E-state index in [4.69, 9.17) is 4.74 Å². The highest BCUT2D eigenvalue weighted by atomic mass is 32.2. The fourth-order valence-electron chi connectivity index (χ4n) is 3.82. The van der Waals surface area contributed by atoms with Gasteiger partial charge in [0.1, 0.15) is 0 Å². The number of carbonyl (C=O) groups is 1. The Morgan fingerprint density at radius 3 is 2.50 bits per heavy atom. The van der Waals surface area contributed by atoms with Crippen LogP contribution in [0.4, 0.5) is 4.39 Å². The van der Waals surface area contributed by atoms with Crippen molar-refractivity contribution in [3.8, 4) is 11.4 Å². The van der Waals surface area contributed by atoms with E-state index in [1.54, 1.807) is 25.1 Å².